The van der Waals surface area contributed by atoms with E-state index >= 15 is 0 Å². The first-order valence-electron chi connectivity index (χ1n) is 10.5. The monoisotopic (exact) mass is 422 g/mol. The second-order valence-corrected chi connectivity index (χ2v) is 10.7. The Hall–Kier alpha value is -1.44. The largest absolute Gasteiger partial charge is 0.388 e. The summed E-state index contributed by atoms with van der Waals surface area (Å²) in [6.07, 6.45) is 2.25. The lowest BCUT2D eigenvalue weighted by Gasteiger charge is -2.49. The molecule has 0 aromatic carbocycles. The quantitative estimate of drug-likeness (QED) is 0.781. The summed E-state index contributed by atoms with van der Waals surface area (Å²) in [6, 6.07) is 3.03. The maximum Gasteiger partial charge on any atom is 0.226 e. The van der Waals surface area contributed by atoms with E-state index in [9.17, 15) is 14.7 Å². The van der Waals surface area contributed by atoms with Crippen molar-refractivity contribution >= 4 is 23.2 Å². The van der Waals surface area contributed by atoms with Crippen molar-refractivity contribution < 1.29 is 19.4 Å². The molecule has 2 fully saturated rings. The van der Waals surface area contributed by atoms with Gasteiger partial charge in [-0.3, -0.25) is 9.59 Å². The summed E-state index contributed by atoms with van der Waals surface area (Å²) in [6.45, 7) is 9.52. The highest BCUT2D eigenvalue weighted by atomic mass is 32.1. The molecule has 0 saturated carbocycles. The highest BCUT2D eigenvalue weighted by Crippen LogP contribution is 2.40. The van der Waals surface area contributed by atoms with Gasteiger partial charge in [0.05, 0.1) is 17.7 Å². The Labute approximate surface area is 177 Å². The number of amides is 2. The van der Waals surface area contributed by atoms with Crippen LogP contribution in [0.5, 0.6) is 0 Å². The fourth-order valence-electron chi connectivity index (χ4n) is 4.31. The minimum atomic E-state index is -1.09. The van der Waals surface area contributed by atoms with Gasteiger partial charge in [-0.25, -0.2) is 0 Å². The van der Waals surface area contributed by atoms with Crippen LogP contribution in [0.4, 0.5) is 0 Å². The van der Waals surface area contributed by atoms with Crippen molar-refractivity contribution in [1.82, 2.24) is 10.2 Å². The number of carbonyl (C=O) groups excluding carboxylic acids is 2. The van der Waals surface area contributed by atoms with Crippen LogP contribution in [-0.4, -0.2) is 53.2 Å². The van der Waals surface area contributed by atoms with Gasteiger partial charge in [0.1, 0.15) is 0 Å². The highest BCUT2D eigenvalue weighted by molar-refractivity contribution is 7.10. The molecule has 2 aliphatic heterocycles. The first kappa shape index (κ1) is 22.2. The molecule has 6 nitrogen and oxygen atoms in total. The van der Waals surface area contributed by atoms with Crippen molar-refractivity contribution in [3.63, 3.8) is 0 Å². The molecule has 0 spiro atoms. The molecular formula is C22H34N2O4S. The van der Waals surface area contributed by atoms with Gasteiger partial charge in [0.15, 0.2) is 0 Å². The van der Waals surface area contributed by atoms with Crippen LogP contribution in [-0.2, 0) is 14.3 Å². The Kier molecular flexibility index (Phi) is 6.70. The third-order valence-electron chi connectivity index (χ3n) is 5.88. The van der Waals surface area contributed by atoms with E-state index in [0.29, 0.717) is 32.6 Å². The van der Waals surface area contributed by atoms with Gasteiger partial charge < -0.3 is 20.1 Å². The first-order valence-corrected chi connectivity index (χ1v) is 11.4. The van der Waals surface area contributed by atoms with Gasteiger partial charge in [0, 0.05) is 37.0 Å². The van der Waals surface area contributed by atoms with Crippen LogP contribution in [0.25, 0.3) is 0 Å². The van der Waals surface area contributed by atoms with Crippen molar-refractivity contribution in [3.05, 3.63) is 22.4 Å². The minimum Gasteiger partial charge on any atom is -0.388 e. The van der Waals surface area contributed by atoms with Gasteiger partial charge >= 0.3 is 0 Å². The van der Waals surface area contributed by atoms with Crippen LogP contribution in [0.3, 0.4) is 0 Å². The molecule has 3 unspecified atom stereocenters. The van der Waals surface area contributed by atoms with Crippen LogP contribution in [0.15, 0.2) is 17.5 Å². The molecule has 0 radical (unpaired) electrons. The lowest BCUT2D eigenvalue weighted by molar-refractivity contribution is -0.152. The van der Waals surface area contributed by atoms with E-state index < -0.39 is 11.6 Å². The summed E-state index contributed by atoms with van der Waals surface area (Å²) in [7, 11) is 0. The fraction of sp³-hybridized carbons (Fsp3) is 0.727. The molecular weight excluding hydrogens is 388 g/mol. The molecule has 2 amide bonds. The normalized spacial score (nSPS) is 28.9. The van der Waals surface area contributed by atoms with Crippen LogP contribution < -0.4 is 5.32 Å². The number of thiophene rings is 1. The summed E-state index contributed by atoms with van der Waals surface area (Å²) in [5.74, 6) is -0.0397. The first-order chi connectivity index (χ1) is 13.6. The number of rotatable bonds is 4. The van der Waals surface area contributed by atoms with E-state index in [1.165, 1.54) is 0 Å². The number of likely N-dealkylation sites (tertiary alicyclic amines) is 1. The molecule has 29 heavy (non-hydrogen) atoms. The molecule has 0 aliphatic carbocycles. The summed E-state index contributed by atoms with van der Waals surface area (Å²) in [5, 5.41) is 16.3. The molecule has 1 aromatic heterocycles. The number of nitrogens with one attached hydrogen (secondary N) is 1. The number of aliphatic hydroxyl groups is 1. The molecule has 3 heterocycles. The third kappa shape index (κ3) is 5.38. The molecule has 0 bridgehead atoms. The third-order valence-corrected chi connectivity index (χ3v) is 6.82. The number of hydrogen-bond acceptors (Lipinski definition) is 5. The van der Waals surface area contributed by atoms with E-state index in [4.69, 9.17) is 4.74 Å². The second kappa shape index (κ2) is 8.74. The Morgan fingerprint density at radius 3 is 2.62 bits per heavy atom. The molecule has 162 valence electrons. The van der Waals surface area contributed by atoms with Crippen molar-refractivity contribution in [2.45, 2.75) is 71.1 Å². The van der Waals surface area contributed by atoms with Crippen molar-refractivity contribution in [1.29, 1.82) is 0 Å². The zero-order chi connectivity index (χ0) is 21.2. The molecule has 2 N–H and O–H groups in total. The second-order valence-electron chi connectivity index (χ2n) is 9.77. The lowest BCUT2D eigenvalue weighted by Crippen LogP contribution is -2.64. The van der Waals surface area contributed by atoms with Gasteiger partial charge in [-0.15, -0.1) is 11.3 Å². The Bertz CT molecular complexity index is 705. The number of nitrogens with zero attached hydrogens (tertiary/aromatic N) is 1. The van der Waals surface area contributed by atoms with Crippen molar-refractivity contribution in [2.24, 2.45) is 11.3 Å². The maximum atomic E-state index is 13.4. The van der Waals surface area contributed by atoms with E-state index in [2.05, 4.69) is 5.32 Å². The average Bonchev–Trinajstić information content (AvgIpc) is 3.16. The van der Waals surface area contributed by atoms with Gasteiger partial charge in [-0.2, -0.15) is 0 Å². The van der Waals surface area contributed by atoms with E-state index in [1.807, 2.05) is 43.2 Å². The van der Waals surface area contributed by atoms with E-state index in [-0.39, 0.29) is 29.2 Å². The Balaban J connectivity index is 1.89. The number of hydrogen-bond donors (Lipinski definition) is 2. The van der Waals surface area contributed by atoms with Crippen LogP contribution in [0.1, 0.15) is 64.3 Å². The number of ether oxygens (including phenoxy) is 1. The van der Waals surface area contributed by atoms with Gasteiger partial charge in [-0.05, 0) is 43.0 Å². The Morgan fingerprint density at radius 2 is 2.03 bits per heavy atom. The lowest BCUT2D eigenvalue weighted by atomic mass is 9.80. The zero-order valence-electron chi connectivity index (χ0n) is 17.9. The van der Waals surface area contributed by atoms with E-state index in [1.54, 1.807) is 18.3 Å². The predicted octanol–water partition coefficient (Wildman–Crippen LogP) is 3.12. The number of carbonyl (C=O) groups is 2. The Morgan fingerprint density at radius 1 is 1.34 bits per heavy atom. The summed E-state index contributed by atoms with van der Waals surface area (Å²) < 4.78 is 5.42. The summed E-state index contributed by atoms with van der Waals surface area (Å²) in [4.78, 5) is 29.1. The molecule has 7 heteroatoms. The van der Waals surface area contributed by atoms with Gasteiger partial charge in [-0.1, -0.05) is 26.8 Å². The molecule has 3 rings (SSSR count). The predicted molar refractivity (Wildman–Crippen MR) is 114 cm³/mol. The van der Waals surface area contributed by atoms with Crippen LogP contribution in [0, 0.1) is 11.3 Å². The molecule has 2 saturated heterocycles. The summed E-state index contributed by atoms with van der Waals surface area (Å²) in [5.41, 5.74) is -1.24. The average molecular weight is 423 g/mol. The highest BCUT2D eigenvalue weighted by Gasteiger charge is 2.49. The van der Waals surface area contributed by atoms with Gasteiger partial charge in [0.2, 0.25) is 11.8 Å². The number of piperidine rings is 1. The zero-order valence-corrected chi connectivity index (χ0v) is 18.8. The molecule has 3 atom stereocenters. The fourth-order valence-corrected chi connectivity index (χ4v) is 5.18. The smallest absolute Gasteiger partial charge is 0.226 e. The van der Waals surface area contributed by atoms with Gasteiger partial charge in [0.25, 0.3) is 0 Å². The minimum absolute atomic E-state index is 0.0554. The van der Waals surface area contributed by atoms with Crippen LogP contribution in [0.2, 0.25) is 0 Å². The maximum absolute atomic E-state index is 13.4. The van der Waals surface area contributed by atoms with Crippen molar-refractivity contribution in [3.8, 4) is 0 Å². The molecule has 2 aliphatic rings. The van der Waals surface area contributed by atoms with E-state index in [0.717, 1.165) is 17.7 Å². The van der Waals surface area contributed by atoms with Crippen molar-refractivity contribution in [2.75, 3.05) is 19.8 Å². The molecule has 1 aromatic rings. The topological polar surface area (TPSA) is 78.9 Å². The van der Waals surface area contributed by atoms with Crippen LogP contribution >= 0.6 is 11.3 Å². The standard InChI is InChI=1S/C22H34N2O4S/c1-21(2,3)14-17(25)23-19-18(16-6-5-13-29-16)24(10-9-22(19,4)27)20(26)15-7-11-28-12-8-15/h5-6,13,15,18-19,27H,7-12,14H2,1-4H3,(H,23,25). The summed E-state index contributed by atoms with van der Waals surface area (Å²) >= 11 is 1.56. The SMILES string of the molecule is CC(C)(C)CC(=O)NC1C(c2cccs2)N(C(=O)C2CCOCC2)CCC1(C)O.